The van der Waals surface area contributed by atoms with Crippen molar-refractivity contribution in [3.05, 3.63) is 22.8 Å². The van der Waals surface area contributed by atoms with Crippen LogP contribution < -0.4 is 4.31 Å². The van der Waals surface area contributed by atoms with Crippen LogP contribution in [0.25, 0.3) is 0 Å². The summed E-state index contributed by atoms with van der Waals surface area (Å²) in [6, 6.07) is 3.51. The summed E-state index contributed by atoms with van der Waals surface area (Å²) >= 11 is 3.29. The van der Waals surface area contributed by atoms with Gasteiger partial charge in [0.2, 0.25) is 10.0 Å². The minimum atomic E-state index is -3.27. The third-order valence-corrected chi connectivity index (χ3v) is 6.12. The first kappa shape index (κ1) is 13.8. The van der Waals surface area contributed by atoms with E-state index in [0.717, 1.165) is 36.6 Å². The van der Waals surface area contributed by atoms with Crippen LogP contribution in [-0.2, 0) is 10.0 Å². The van der Waals surface area contributed by atoms with Crippen LogP contribution in [0, 0.1) is 0 Å². The largest absolute Gasteiger partial charge is 0.257 e. The summed E-state index contributed by atoms with van der Waals surface area (Å²) in [6.07, 6.45) is 6.30. The smallest absolute Gasteiger partial charge is 0.238 e. The molecule has 18 heavy (non-hydrogen) atoms. The van der Waals surface area contributed by atoms with E-state index in [1.807, 2.05) is 0 Å². The minimum absolute atomic E-state index is 0.248. The average molecular weight is 333 g/mol. The van der Waals surface area contributed by atoms with Crippen molar-refractivity contribution < 1.29 is 8.42 Å². The summed E-state index contributed by atoms with van der Waals surface area (Å²) in [5.74, 6) is 0.476. The van der Waals surface area contributed by atoms with Crippen LogP contribution in [0.5, 0.6) is 0 Å². The van der Waals surface area contributed by atoms with Crippen molar-refractivity contribution in [3.63, 3.8) is 0 Å². The molecule has 0 radical (unpaired) electrons. The highest BCUT2D eigenvalue weighted by molar-refractivity contribution is 9.10. The van der Waals surface area contributed by atoms with Crippen molar-refractivity contribution in [1.82, 2.24) is 4.98 Å². The van der Waals surface area contributed by atoms with Gasteiger partial charge in [-0.3, -0.25) is 4.31 Å². The van der Waals surface area contributed by atoms with E-state index in [4.69, 9.17) is 0 Å². The molecule has 0 N–H and O–H groups in total. The van der Waals surface area contributed by atoms with E-state index in [-0.39, 0.29) is 5.25 Å². The van der Waals surface area contributed by atoms with Gasteiger partial charge in [-0.05, 0) is 40.9 Å². The molecule has 4 nitrogen and oxygen atoms in total. The molecule has 1 aliphatic rings. The van der Waals surface area contributed by atoms with E-state index in [0.29, 0.717) is 5.82 Å². The van der Waals surface area contributed by atoms with Gasteiger partial charge < -0.3 is 0 Å². The van der Waals surface area contributed by atoms with Crippen LogP contribution in [0.15, 0.2) is 22.8 Å². The van der Waals surface area contributed by atoms with E-state index in [2.05, 4.69) is 20.9 Å². The molecule has 1 heterocycles. The third kappa shape index (κ3) is 2.85. The summed E-state index contributed by atoms with van der Waals surface area (Å²) in [7, 11) is -1.69. The number of aromatic nitrogens is 1. The second kappa shape index (κ2) is 5.57. The molecule has 2 rings (SSSR count). The molecule has 0 bridgehead atoms. The number of pyridine rings is 1. The lowest BCUT2D eigenvalue weighted by Gasteiger charge is -2.27. The summed E-state index contributed by atoms with van der Waals surface area (Å²) in [5, 5.41) is -0.248. The Labute approximate surface area is 117 Å². The SMILES string of the molecule is CN(c1ccc(Br)cn1)S(=O)(=O)C1CCCCC1. The molecular formula is C12H17BrN2O2S. The zero-order chi connectivity index (χ0) is 13.2. The van der Waals surface area contributed by atoms with Crippen molar-refractivity contribution in [2.75, 3.05) is 11.4 Å². The zero-order valence-corrected chi connectivity index (χ0v) is 12.7. The molecule has 6 heteroatoms. The summed E-state index contributed by atoms with van der Waals surface area (Å²) in [5.41, 5.74) is 0. The fraction of sp³-hybridized carbons (Fsp3) is 0.583. The van der Waals surface area contributed by atoms with Crippen LogP contribution in [-0.4, -0.2) is 25.7 Å². The lowest BCUT2D eigenvalue weighted by atomic mass is 10.0. The topological polar surface area (TPSA) is 50.3 Å². The van der Waals surface area contributed by atoms with Gasteiger partial charge in [0.25, 0.3) is 0 Å². The Hall–Kier alpha value is -0.620. The monoisotopic (exact) mass is 332 g/mol. The van der Waals surface area contributed by atoms with E-state index >= 15 is 0 Å². The van der Waals surface area contributed by atoms with Gasteiger partial charge in [-0.15, -0.1) is 0 Å². The van der Waals surface area contributed by atoms with Crippen LogP contribution in [0.2, 0.25) is 0 Å². The first-order chi connectivity index (χ1) is 8.51. The van der Waals surface area contributed by atoms with Crippen LogP contribution in [0.3, 0.4) is 0 Å². The number of nitrogens with zero attached hydrogens (tertiary/aromatic N) is 2. The third-order valence-electron chi connectivity index (χ3n) is 3.39. The Kier molecular flexibility index (Phi) is 4.27. The fourth-order valence-corrected chi connectivity index (χ4v) is 4.25. The predicted molar refractivity (Wildman–Crippen MR) is 76.1 cm³/mol. The Morgan fingerprint density at radius 3 is 2.50 bits per heavy atom. The van der Waals surface area contributed by atoms with Crippen molar-refractivity contribution in [2.24, 2.45) is 0 Å². The summed E-state index contributed by atoms with van der Waals surface area (Å²) in [4.78, 5) is 4.14. The van der Waals surface area contributed by atoms with E-state index in [1.54, 1.807) is 25.4 Å². The van der Waals surface area contributed by atoms with Gasteiger partial charge in [0, 0.05) is 17.7 Å². The Balaban J connectivity index is 2.20. The lowest BCUT2D eigenvalue weighted by molar-refractivity contribution is 0.483. The van der Waals surface area contributed by atoms with Crippen molar-refractivity contribution in [1.29, 1.82) is 0 Å². The molecule has 0 unspecified atom stereocenters. The maximum Gasteiger partial charge on any atom is 0.238 e. The van der Waals surface area contributed by atoms with Gasteiger partial charge in [0.05, 0.1) is 5.25 Å². The van der Waals surface area contributed by atoms with Gasteiger partial charge in [-0.2, -0.15) is 0 Å². The van der Waals surface area contributed by atoms with E-state index in [9.17, 15) is 8.42 Å². The molecule has 1 aliphatic carbocycles. The minimum Gasteiger partial charge on any atom is -0.257 e. The second-order valence-electron chi connectivity index (χ2n) is 4.61. The van der Waals surface area contributed by atoms with Gasteiger partial charge in [0.1, 0.15) is 5.82 Å². The number of halogens is 1. The first-order valence-electron chi connectivity index (χ1n) is 6.11. The Morgan fingerprint density at radius 1 is 1.28 bits per heavy atom. The van der Waals surface area contributed by atoms with Crippen molar-refractivity contribution in [2.45, 2.75) is 37.4 Å². The maximum atomic E-state index is 12.4. The molecule has 100 valence electrons. The fourth-order valence-electron chi connectivity index (χ4n) is 2.27. The predicted octanol–water partition coefficient (Wildman–Crippen LogP) is 2.94. The Bertz CT molecular complexity index is 495. The number of sulfonamides is 1. The van der Waals surface area contributed by atoms with Gasteiger partial charge >= 0.3 is 0 Å². The first-order valence-corrected chi connectivity index (χ1v) is 8.41. The summed E-state index contributed by atoms with van der Waals surface area (Å²) < 4.78 is 27.0. The number of rotatable bonds is 3. The average Bonchev–Trinajstić information content (AvgIpc) is 2.40. The summed E-state index contributed by atoms with van der Waals surface area (Å²) in [6.45, 7) is 0. The molecule has 1 fully saturated rings. The van der Waals surface area contributed by atoms with Gasteiger partial charge in [-0.1, -0.05) is 19.3 Å². The van der Waals surface area contributed by atoms with Gasteiger partial charge in [-0.25, -0.2) is 13.4 Å². The van der Waals surface area contributed by atoms with Gasteiger partial charge in [0.15, 0.2) is 0 Å². The molecule has 0 amide bonds. The highest BCUT2D eigenvalue weighted by atomic mass is 79.9. The molecule has 1 aromatic heterocycles. The quantitative estimate of drug-likeness (QED) is 0.855. The lowest BCUT2D eigenvalue weighted by Crippen LogP contribution is -2.37. The number of hydrogen-bond acceptors (Lipinski definition) is 3. The standard InChI is InChI=1S/C12H17BrN2O2S/c1-15(12-8-7-10(13)9-14-12)18(16,17)11-5-3-2-4-6-11/h7-9,11H,2-6H2,1H3. The molecule has 0 spiro atoms. The molecule has 0 aromatic carbocycles. The highest BCUT2D eigenvalue weighted by Gasteiger charge is 2.31. The molecule has 1 aromatic rings. The number of anilines is 1. The molecule has 0 atom stereocenters. The van der Waals surface area contributed by atoms with Crippen LogP contribution >= 0.6 is 15.9 Å². The van der Waals surface area contributed by atoms with Crippen molar-refractivity contribution in [3.8, 4) is 0 Å². The molecular weight excluding hydrogens is 316 g/mol. The molecule has 0 saturated heterocycles. The van der Waals surface area contributed by atoms with Crippen LogP contribution in [0.1, 0.15) is 32.1 Å². The maximum absolute atomic E-state index is 12.4. The highest BCUT2D eigenvalue weighted by Crippen LogP contribution is 2.27. The normalized spacial score (nSPS) is 17.7. The molecule has 1 saturated carbocycles. The van der Waals surface area contributed by atoms with Crippen LogP contribution in [0.4, 0.5) is 5.82 Å². The van der Waals surface area contributed by atoms with Crippen molar-refractivity contribution >= 4 is 31.8 Å². The Morgan fingerprint density at radius 2 is 1.94 bits per heavy atom. The second-order valence-corrected chi connectivity index (χ2v) is 7.77. The van der Waals surface area contributed by atoms with E-state index < -0.39 is 10.0 Å². The zero-order valence-electron chi connectivity index (χ0n) is 10.3. The van der Waals surface area contributed by atoms with E-state index in [1.165, 1.54) is 4.31 Å². The number of hydrogen-bond donors (Lipinski definition) is 0. The molecule has 0 aliphatic heterocycles.